The van der Waals surface area contributed by atoms with E-state index in [9.17, 15) is 9.59 Å². The number of aliphatic hydroxyl groups is 1. The number of carboxylic acid groups (broad SMARTS) is 1. The maximum absolute atomic E-state index is 11.7. The van der Waals surface area contributed by atoms with Crippen LogP contribution in [0.25, 0.3) is 0 Å². The van der Waals surface area contributed by atoms with Gasteiger partial charge in [0.25, 0.3) is 0 Å². The third-order valence-electron chi connectivity index (χ3n) is 5.02. The Labute approximate surface area is 111 Å². The number of aliphatic hydroxyl groups excluding tert-OH is 1. The number of urea groups is 1. The van der Waals surface area contributed by atoms with Crippen molar-refractivity contribution in [2.75, 3.05) is 6.54 Å². The van der Waals surface area contributed by atoms with Gasteiger partial charge in [-0.25, -0.2) is 9.59 Å². The summed E-state index contributed by atoms with van der Waals surface area (Å²) in [5, 5.41) is 23.2. The molecule has 0 saturated heterocycles. The summed E-state index contributed by atoms with van der Waals surface area (Å²) in [4.78, 5) is 22.1. The molecule has 0 aromatic heterocycles. The van der Waals surface area contributed by atoms with Crippen LogP contribution in [0, 0.1) is 23.7 Å². The molecule has 4 N–H and O–H groups in total. The predicted octanol–water partition coefficient (Wildman–Crippen LogP) is 0.166. The minimum Gasteiger partial charge on any atom is -0.479 e. The molecule has 3 saturated carbocycles. The van der Waals surface area contributed by atoms with Gasteiger partial charge in [-0.05, 0) is 42.9 Å². The fraction of sp³-hybridized carbons (Fsp3) is 0.846. The molecule has 2 bridgehead atoms. The molecule has 5 atom stereocenters. The molecule has 0 aromatic rings. The SMILES string of the molecule is O=C(NCC[C@H](O)C(=O)O)NC1C2C3CCC(C3)C12. The number of carbonyl (C=O) groups is 2. The molecule has 106 valence electrons. The topological polar surface area (TPSA) is 98.7 Å². The van der Waals surface area contributed by atoms with Crippen molar-refractivity contribution in [3.8, 4) is 0 Å². The lowest BCUT2D eigenvalue weighted by Crippen LogP contribution is -2.40. The van der Waals surface area contributed by atoms with E-state index < -0.39 is 12.1 Å². The number of carboxylic acids is 1. The van der Waals surface area contributed by atoms with E-state index in [4.69, 9.17) is 10.2 Å². The Bertz CT molecular complexity index is 384. The molecule has 6 nitrogen and oxygen atoms in total. The van der Waals surface area contributed by atoms with Gasteiger partial charge in [0.05, 0.1) is 0 Å². The largest absolute Gasteiger partial charge is 0.479 e. The molecular formula is C13H20N2O4. The van der Waals surface area contributed by atoms with Gasteiger partial charge < -0.3 is 20.8 Å². The van der Waals surface area contributed by atoms with Crippen molar-refractivity contribution in [3.05, 3.63) is 0 Å². The normalized spacial score (nSPS) is 39.5. The van der Waals surface area contributed by atoms with Gasteiger partial charge >= 0.3 is 12.0 Å². The third kappa shape index (κ3) is 2.29. The van der Waals surface area contributed by atoms with Crippen LogP contribution in [0.5, 0.6) is 0 Å². The third-order valence-corrected chi connectivity index (χ3v) is 5.02. The Morgan fingerprint density at radius 3 is 2.42 bits per heavy atom. The van der Waals surface area contributed by atoms with Crippen LogP contribution < -0.4 is 10.6 Å². The van der Waals surface area contributed by atoms with Crippen LogP contribution in [0.4, 0.5) is 4.79 Å². The van der Waals surface area contributed by atoms with Gasteiger partial charge in [-0.15, -0.1) is 0 Å². The Balaban J connectivity index is 1.36. The zero-order chi connectivity index (χ0) is 13.6. The molecule has 0 heterocycles. The van der Waals surface area contributed by atoms with E-state index in [0.29, 0.717) is 17.9 Å². The van der Waals surface area contributed by atoms with Gasteiger partial charge in [-0.3, -0.25) is 0 Å². The lowest BCUT2D eigenvalue weighted by Gasteiger charge is -2.12. The Kier molecular flexibility index (Phi) is 3.12. The highest BCUT2D eigenvalue weighted by atomic mass is 16.4. The van der Waals surface area contributed by atoms with E-state index in [-0.39, 0.29) is 19.0 Å². The van der Waals surface area contributed by atoms with Crippen molar-refractivity contribution < 1.29 is 19.8 Å². The maximum atomic E-state index is 11.7. The first-order chi connectivity index (χ1) is 9.08. The van der Waals surface area contributed by atoms with E-state index in [2.05, 4.69) is 10.6 Å². The minimum absolute atomic E-state index is 0.0333. The molecule has 3 rings (SSSR count). The molecular weight excluding hydrogens is 248 g/mol. The van der Waals surface area contributed by atoms with Crippen molar-refractivity contribution in [1.29, 1.82) is 0 Å². The van der Waals surface area contributed by atoms with E-state index in [1.807, 2.05) is 0 Å². The first-order valence-electron chi connectivity index (χ1n) is 7.03. The molecule has 3 fully saturated rings. The lowest BCUT2D eigenvalue weighted by atomic mass is 10.0. The van der Waals surface area contributed by atoms with Gasteiger partial charge in [-0.1, -0.05) is 0 Å². The molecule has 0 aromatic carbocycles. The minimum atomic E-state index is -1.41. The number of aliphatic carboxylic acids is 1. The van der Waals surface area contributed by atoms with E-state index >= 15 is 0 Å². The summed E-state index contributed by atoms with van der Waals surface area (Å²) < 4.78 is 0. The number of fused-ring (bicyclic) bond motifs is 5. The molecule has 2 amide bonds. The fourth-order valence-corrected chi connectivity index (χ4v) is 4.17. The van der Waals surface area contributed by atoms with Crippen molar-refractivity contribution in [2.45, 2.75) is 37.8 Å². The highest BCUT2D eigenvalue weighted by Gasteiger charge is 2.65. The first-order valence-corrected chi connectivity index (χ1v) is 7.03. The summed E-state index contributed by atoms with van der Waals surface area (Å²) in [6.07, 6.45) is 2.61. The first kappa shape index (κ1) is 12.7. The lowest BCUT2D eigenvalue weighted by molar-refractivity contribution is -0.146. The Hall–Kier alpha value is -1.30. The summed E-state index contributed by atoms with van der Waals surface area (Å²) in [5.41, 5.74) is 0. The van der Waals surface area contributed by atoms with Gasteiger partial charge in [0.1, 0.15) is 0 Å². The molecule has 0 radical (unpaired) electrons. The van der Waals surface area contributed by atoms with Gasteiger partial charge in [0.2, 0.25) is 0 Å². The molecule has 6 heteroatoms. The van der Waals surface area contributed by atoms with Crippen LogP contribution in [-0.4, -0.2) is 40.9 Å². The number of hydrogen-bond donors (Lipinski definition) is 4. The zero-order valence-electron chi connectivity index (χ0n) is 10.7. The van der Waals surface area contributed by atoms with Crippen LogP contribution in [0.15, 0.2) is 0 Å². The summed E-state index contributed by atoms with van der Waals surface area (Å²) >= 11 is 0. The molecule has 0 spiro atoms. The Morgan fingerprint density at radius 1 is 1.21 bits per heavy atom. The smallest absolute Gasteiger partial charge is 0.332 e. The predicted molar refractivity (Wildman–Crippen MR) is 66.4 cm³/mol. The Morgan fingerprint density at radius 2 is 1.84 bits per heavy atom. The average molecular weight is 268 g/mol. The standard InChI is InChI=1S/C13H20N2O4/c16-8(12(17)18)3-4-14-13(19)15-11-9-6-1-2-7(5-6)10(9)11/h6-11,16H,1-5H2,(H,17,18)(H2,14,15,19)/t6?,7?,8-,9?,10?,11?/m0/s1. The maximum Gasteiger partial charge on any atom is 0.332 e. The van der Waals surface area contributed by atoms with Crippen LogP contribution in [0.3, 0.4) is 0 Å². The van der Waals surface area contributed by atoms with Crippen LogP contribution in [0.2, 0.25) is 0 Å². The number of carbonyl (C=O) groups excluding carboxylic acids is 1. The average Bonchev–Trinajstić information content (AvgIpc) is 2.76. The highest BCUT2D eigenvalue weighted by Crippen LogP contribution is 2.65. The van der Waals surface area contributed by atoms with E-state index in [1.165, 1.54) is 19.3 Å². The zero-order valence-corrected chi connectivity index (χ0v) is 10.7. The van der Waals surface area contributed by atoms with Crippen molar-refractivity contribution >= 4 is 12.0 Å². The summed E-state index contributed by atoms with van der Waals surface area (Å²) in [5.74, 6) is 1.75. The number of nitrogens with one attached hydrogen (secondary N) is 2. The highest BCUT2D eigenvalue weighted by molar-refractivity contribution is 5.75. The molecule has 19 heavy (non-hydrogen) atoms. The molecule has 4 unspecified atom stereocenters. The number of rotatable bonds is 5. The molecule has 3 aliphatic rings. The second kappa shape index (κ2) is 4.67. The van der Waals surface area contributed by atoms with Crippen LogP contribution in [0.1, 0.15) is 25.7 Å². The van der Waals surface area contributed by atoms with Gasteiger partial charge in [-0.2, -0.15) is 0 Å². The van der Waals surface area contributed by atoms with Crippen LogP contribution >= 0.6 is 0 Å². The second-order valence-electron chi connectivity index (χ2n) is 6.06. The van der Waals surface area contributed by atoms with E-state index in [1.54, 1.807) is 0 Å². The summed E-state index contributed by atoms with van der Waals surface area (Å²) in [6.45, 7) is 0.175. The molecule has 3 aliphatic carbocycles. The van der Waals surface area contributed by atoms with Crippen molar-refractivity contribution in [3.63, 3.8) is 0 Å². The quantitative estimate of drug-likeness (QED) is 0.571. The number of amides is 2. The van der Waals surface area contributed by atoms with Crippen molar-refractivity contribution in [2.24, 2.45) is 23.7 Å². The van der Waals surface area contributed by atoms with E-state index in [0.717, 1.165) is 11.8 Å². The second-order valence-corrected chi connectivity index (χ2v) is 6.06. The number of hydrogen-bond acceptors (Lipinski definition) is 3. The summed E-state index contributed by atoms with van der Waals surface area (Å²) in [6, 6.07) is 0.0898. The fourth-order valence-electron chi connectivity index (χ4n) is 4.17. The van der Waals surface area contributed by atoms with Crippen LogP contribution in [-0.2, 0) is 4.79 Å². The van der Waals surface area contributed by atoms with Gasteiger partial charge in [0, 0.05) is 19.0 Å². The summed E-state index contributed by atoms with van der Waals surface area (Å²) in [7, 11) is 0. The monoisotopic (exact) mass is 268 g/mol. The van der Waals surface area contributed by atoms with Gasteiger partial charge in [0.15, 0.2) is 6.10 Å². The van der Waals surface area contributed by atoms with Crippen molar-refractivity contribution in [1.82, 2.24) is 10.6 Å². The molecule has 0 aliphatic heterocycles.